The Morgan fingerprint density at radius 1 is 1.07 bits per heavy atom. The second-order valence-electron chi connectivity index (χ2n) is 6.00. The molecule has 2 aromatic carbocycles. The predicted molar refractivity (Wildman–Crippen MR) is 104 cm³/mol. The molecule has 1 atom stereocenters. The number of nitrogens with one attached hydrogen (secondary N) is 1. The second-order valence-corrected chi connectivity index (χ2v) is 6.00. The molecule has 0 spiro atoms. The summed E-state index contributed by atoms with van der Waals surface area (Å²) in [6.45, 7) is 0.713. The van der Waals surface area contributed by atoms with Crippen molar-refractivity contribution in [3.8, 4) is 28.7 Å². The van der Waals surface area contributed by atoms with E-state index in [1.807, 2.05) is 24.3 Å². The van der Waals surface area contributed by atoms with Crippen LogP contribution in [0.25, 0.3) is 6.08 Å². The molecule has 1 amide bonds. The lowest BCUT2D eigenvalue weighted by atomic mass is 10.1. The second kappa shape index (κ2) is 9.03. The Kier molecular flexibility index (Phi) is 6.26. The molecule has 0 saturated carbocycles. The van der Waals surface area contributed by atoms with Gasteiger partial charge in [-0.2, -0.15) is 0 Å². The lowest BCUT2D eigenvalue weighted by Crippen LogP contribution is -2.40. The first-order chi connectivity index (χ1) is 13.7. The van der Waals surface area contributed by atoms with E-state index >= 15 is 0 Å². The zero-order valence-electron chi connectivity index (χ0n) is 16.1. The van der Waals surface area contributed by atoms with Gasteiger partial charge in [0.25, 0.3) is 0 Å². The minimum atomic E-state index is -0.251. The van der Waals surface area contributed by atoms with Crippen LogP contribution in [0.2, 0.25) is 0 Å². The molecule has 148 valence electrons. The van der Waals surface area contributed by atoms with E-state index in [-0.39, 0.29) is 12.0 Å². The summed E-state index contributed by atoms with van der Waals surface area (Å²) in [4.78, 5) is 12.2. The van der Waals surface area contributed by atoms with Crippen molar-refractivity contribution >= 4 is 12.0 Å². The van der Waals surface area contributed by atoms with Crippen LogP contribution in [0.15, 0.2) is 42.5 Å². The smallest absolute Gasteiger partial charge is 0.244 e. The Bertz CT molecular complexity index is 864. The Labute approximate surface area is 163 Å². The lowest BCUT2D eigenvalue weighted by Gasteiger charge is -2.26. The van der Waals surface area contributed by atoms with Crippen molar-refractivity contribution in [1.29, 1.82) is 0 Å². The first-order valence-electron chi connectivity index (χ1n) is 8.79. The molecule has 1 N–H and O–H groups in total. The number of rotatable bonds is 7. The molecule has 0 fully saturated rings. The number of carbonyl (C=O) groups excluding carboxylic acids is 1. The number of carbonyl (C=O) groups is 1. The first kappa shape index (κ1) is 19.4. The van der Waals surface area contributed by atoms with Crippen LogP contribution >= 0.6 is 0 Å². The number of benzene rings is 2. The Hall–Kier alpha value is -3.35. The predicted octanol–water partition coefficient (Wildman–Crippen LogP) is 2.68. The highest BCUT2D eigenvalue weighted by atomic mass is 16.6. The van der Waals surface area contributed by atoms with Gasteiger partial charge in [0.1, 0.15) is 12.7 Å². The molecule has 1 aliphatic rings. The lowest BCUT2D eigenvalue weighted by molar-refractivity contribution is -0.116. The largest absolute Gasteiger partial charge is 0.493 e. The highest BCUT2D eigenvalue weighted by Gasteiger charge is 2.20. The van der Waals surface area contributed by atoms with Crippen LogP contribution in [0.4, 0.5) is 0 Å². The van der Waals surface area contributed by atoms with E-state index in [0.29, 0.717) is 47.5 Å². The van der Waals surface area contributed by atoms with Gasteiger partial charge in [0.05, 0.1) is 27.9 Å². The number of hydrogen-bond donors (Lipinski definition) is 1. The molecular formula is C21H23NO6. The van der Waals surface area contributed by atoms with Crippen LogP contribution in [-0.4, -0.2) is 46.5 Å². The van der Waals surface area contributed by atoms with Crippen molar-refractivity contribution in [2.45, 2.75) is 6.10 Å². The fourth-order valence-electron chi connectivity index (χ4n) is 2.86. The van der Waals surface area contributed by atoms with Crippen molar-refractivity contribution in [3.63, 3.8) is 0 Å². The average molecular weight is 385 g/mol. The zero-order chi connectivity index (χ0) is 19.9. The molecule has 3 rings (SSSR count). The highest BCUT2D eigenvalue weighted by Crippen LogP contribution is 2.40. The van der Waals surface area contributed by atoms with Crippen molar-refractivity contribution in [1.82, 2.24) is 5.32 Å². The first-order valence-corrected chi connectivity index (χ1v) is 8.79. The summed E-state index contributed by atoms with van der Waals surface area (Å²) in [5, 5.41) is 2.81. The molecule has 7 heteroatoms. The summed E-state index contributed by atoms with van der Waals surface area (Å²) in [6, 6.07) is 11.0. The molecule has 0 saturated heterocycles. The van der Waals surface area contributed by atoms with Gasteiger partial charge in [0.15, 0.2) is 23.0 Å². The van der Waals surface area contributed by atoms with Gasteiger partial charge in [0.2, 0.25) is 11.7 Å². The summed E-state index contributed by atoms with van der Waals surface area (Å²) in [5.41, 5.74) is 0.696. The van der Waals surface area contributed by atoms with E-state index in [1.54, 1.807) is 25.3 Å². The highest BCUT2D eigenvalue weighted by molar-refractivity contribution is 5.92. The van der Waals surface area contributed by atoms with Crippen LogP contribution in [0.5, 0.6) is 28.7 Å². The average Bonchev–Trinajstić information content (AvgIpc) is 2.75. The number of hydrogen-bond acceptors (Lipinski definition) is 6. The maximum atomic E-state index is 12.2. The Balaban J connectivity index is 1.60. The summed E-state index contributed by atoms with van der Waals surface area (Å²) in [6.07, 6.45) is 2.84. The molecule has 0 aliphatic carbocycles. The van der Waals surface area contributed by atoms with Crippen molar-refractivity contribution in [2.24, 2.45) is 0 Å². The molecule has 0 bridgehead atoms. The SMILES string of the molecule is COc1ccc(/C=C/C(=O)NC[C@@H]2COc3ccccc3O2)c(OC)c1OC. The van der Waals surface area contributed by atoms with Crippen molar-refractivity contribution in [3.05, 3.63) is 48.0 Å². The number of para-hydroxylation sites is 2. The number of methoxy groups -OCH3 is 3. The van der Waals surface area contributed by atoms with E-state index in [1.165, 1.54) is 20.3 Å². The maximum Gasteiger partial charge on any atom is 0.244 e. The zero-order valence-corrected chi connectivity index (χ0v) is 16.1. The summed E-state index contributed by atoms with van der Waals surface area (Å²) < 4.78 is 27.5. The molecule has 1 heterocycles. The number of fused-ring (bicyclic) bond motifs is 1. The van der Waals surface area contributed by atoms with Crippen molar-refractivity contribution in [2.75, 3.05) is 34.5 Å². The quantitative estimate of drug-likeness (QED) is 0.739. The van der Waals surface area contributed by atoms with E-state index in [2.05, 4.69) is 5.32 Å². The van der Waals surface area contributed by atoms with Gasteiger partial charge in [-0.1, -0.05) is 12.1 Å². The molecule has 0 aromatic heterocycles. The minimum Gasteiger partial charge on any atom is -0.493 e. The van der Waals surface area contributed by atoms with Gasteiger partial charge in [-0.3, -0.25) is 4.79 Å². The molecule has 0 radical (unpaired) electrons. The van der Waals surface area contributed by atoms with E-state index in [0.717, 1.165) is 0 Å². The third-order valence-corrected chi connectivity index (χ3v) is 4.22. The molecule has 7 nitrogen and oxygen atoms in total. The third-order valence-electron chi connectivity index (χ3n) is 4.22. The van der Waals surface area contributed by atoms with E-state index in [4.69, 9.17) is 23.7 Å². The molecule has 28 heavy (non-hydrogen) atoms. The molecule has 1 aliphatic heterocycles. The monoisotopic (exact) mass is 385 g/mol. The van der Waals surface area contributed by atoms with Gasteiger partial charge < -0.3 is 29.0 Å². The Morgan fingerprint density at radius 2 is 1.82 bits per heavy atom. The summed E-state index contributed by atoms with van der Waals surface area (Å²) in [5.74, 6) is 2.66. The fourth-order valence-corrected chi connectivity index (χ4v) is 2.86. The van der Waals surface area contributed by atoms with Crippen LogP contribution in [0.1, 0.15) is 5.56 Å². The Morgan fingerprint density at radius 3 is 2.54 bits per heavy atom. The van der Waals surface area contributed by atoms with Gasteiger partial charge >= 0.3 is 0 Å². The summed E-state index contributed by atoms with van der Waals surface area (Å²) >= 11 is 0. The topological polar surface area (TPSA) is 75.3 Å². The third kappa shape index (κ3) is 4.31. The molecular weight excluding hydrogens is 362 g/mol. The van der Waals surface area contributed by atoms with E-state index in [9.17, 15) is 4.79 Å². The maximum absolute atomic E-state index is 12.2. The van der Waals surface area contributed by atoms with E-state index < -0.39 is 0 Å². The summed E-state index contributed by atoms with van der Waals surface area (Å²) in [7, 11) is 4.62. The van der Waals surface area contributed by atoms with Crippen LogP contribution < -0.4 is 29.0 Å². The van der Waals surface area contributed by atoms with Crippen LogP contribution in [0, 0.1) is 0 Å². The number of ether oxygens (including phenoxy) is 5. The van der Waals surface area contributed by atoms with Crippen molar-refractivity contribution < 1.29 is 28.5 Å². The van der Waals surface area contributed by atoms with Gasteiger partial charge in [-0.25, -0.2) is 0 Å². The van der Waals surface area contributed by atoms with Gasteiger partial charge in [-0.05, 0) is 30.3 Å². The van der Waals surface area contributed by atoms with Crippen LogP contribution in [-0.2, 0) is 4.79 Å². The molecule has 0 unspecified atom stereocenters. The normalized spacial score (nSPS) is 15.2. The van der Waals surface area contributed by atoms with Gasteiger partial charge in [-0.15, -0.1) is 0 Å². The van der Waals surface area contributed by atoms with Crippen LogP contribution in [0.3, 0.4) is 0 Å². The van der Waals surface area contributed by atoms with Gasteiger partial charge in [0, 0.05) is 11.6 Å². The number of amides is 1. The fraction of sp³-hybridized carbons (Fsp3) is 0.286. The standard InChI is InChI=1S/C21H23NO6/c1-24-18-10-8-14(20(25-2)21(18)26-3)9-11-19(23)22-12-15-13-27-16-6-4-5-7-17(16)28-15/h4-11,15H,12-13H2,1-3H3,(H,22,23)/b11-9+/t15-/m1/s1. The minimum absolute atomic E-state index is 0.247. The molecule has 2 aromatic rings.